The summed E-state index contributed by atoms with van der Waals surface area (Å²) in [6, 6.07) is 0.280. The summed E-state index contributed by atoms with van der Waals surface area (Å²) in [7, 11) is 0. The Kier molecular flexibility index (Phi) is 6.65. The summed E-state index contributed by atoms with van der Waals surface area (Å²) in [5.74, 6) is 0.771. The van der Waals surface area contributed by atoms with Gasteiger partial charge in [-0.15, -0.1) is 0 Å². The molecule has 0 aromatic rings. The van der Waals surface area contributed by atoms with E-state index in [1.807, 2.05) is 0 Å². The van der Waals surface area contributed by atoms with Crippen LogP contribution >= 0.6 is 0 Å². The molecule has 96 valence electrons. The Balaban J connectivity index is 3.66. The minimum atomic E-state index is 0.0871. The Morgan fingerprint density at radius 3 is 2.19 bits per heavy atom. The lowest BCUT2D eigenvalue weighted by Gasteiger charge is -2.21. The van der Waals surface area contributed by atoms with Gasteiger partial charge in [-0.3, -0.25) is 4.79 Å². The van der Waals surface area contributed by atoms with Crippen LogP contribution in [-0.4, -0.2) is 24.0 Å². The van der Waals surface area contributed by atoms with Crippen molar-refractivity contribution in [2.45, 2.75) is 66.0 Å². The Labute approximate surface area is 100 Å². The maximum Gasteiger partial charge on any atom is 0.221 e. The van der Waals surface area contributed by atoms with E-state index in [4.69, 9.17) is 0 Å². The number of amides is 1. The maximum atomic E-state index is 11.6. The van der Waals surface area contributed by atoms with Crippen LogP contribution in [0.5, 0.6) is 0 Å². The van der Waals surface area contributed by atoms with Crippen LogP contribution in [0.25, 0.3) is 0 Å². The molecule has 3 heteroatoms. The van der Waals surface area contributed by atoms with Gasteiger partial charge in [0, 0.05) is 24.5 Å². The highest BCUT2D eigenvalue weighted by atomic mass is 16.1. The third-order valence-corrected chi connectivity index (χ3v) is 2.24. The molecule has 0 heterocycles. The van der Waals surface area contributed by atoms with Crippen molar-refractivity contribution in [3.63, 3.8) is 0 Å². The Hall–Kier alpha value is -0.570. The highest BCUT2D eigenvalue weighted by Gasteiger charge is 2.11. The fourth-order valence-corrected chi connectivity index (χ4v) is 1.66. The molecule has 3 nitrogen and oxygen atoms in total. The molecule has 1 atom stereocenters. The second kappa shape index (κ2) is 6.89. The number of rotatable bonds is 6. The van der Waals surface area contributed by atoms with Crippen molar-refractivity contribution >= 4 is 5.91 Å². The molecule has 16 heavy (non-hydrogen) atoms. The lowest BCUT2D eigenvalue weighted by atomic mass is 10.1. The molecule has 1 unspecified atom stereocenters. The number of hydrogen-bond donors (Lipinski definition) is 2. The van der Waals surface area contributed by atoms with Gasteiger partial charge < -0.3 is 10.6 Å². The Bertz CT molecular complexity index is 206. The van der Waals surface area contributed by atoms with Crippen LogP contribution in [0, 0.1) is 5.92 Å². The van der Waals surface area contributed by atoms with Gasteiger partial charge in [0.25, 0.3) is 0 Å². The standard InChI is InChI=1S/C13H28N2O/c1-10(2)9-11(3)15-12(16)7-8-14-13(4,5)6/h10-11,14H,7-9H2,1-6H3,(H,15,16). The first-order valence-electron chi connectivity index (χ1n) is 6.25. The molecule has 0 aromatic carbocycles. The highest BCUT2D eigenvalue weighted by molar-refractivity contribution is 5.76. The first kappa shape index (κ1) is 15.4. The summed E-state index contributed by atoms with van der Waals surface area (Å²) in [4.78, 5) is 11.6. The predicted octanol–water partition coefficient (Wildman–Crippen LogP) is 2.32. The van der Waals surface area contributed by atoms with Crippen LogP contribution < -0.4 is 10.6 Å². The lowest BCUT2D eigenvalue weighted by Crippen LogP contribution is -2.40. The predicted molar refractivity (Wildman–Crippen MR) is 69.4 cm³/mol. The monoisotopic (exact) mass is 228 g/mol. The summed E-state index contributed by atoms with van der Waals surface area (Å²) >= 11 is 0. The van der Waals surface area contributed by atoms with Crippen molar-refractivity contribution in [1.29, 1.82) is 0 Å². The van der Waals surface area contributed by atoms with Gasteiger partial charge in [0.1, 0.15) is 0 Å². The minimum absolute atomic E-state index is 0.0871. The van der Waals surface area contributed by atoms with E-state index in [0.29, 0.717) is 12.3 Å². The van der Waals surface area contributed by atoms with Gasteiger partial charge in [-0.1, -0.05) is 13.8 Å². The first-order valence-corrected chi connectivity index (χ1v) is 6.25. The zero-order valence-corrected chi connectivity index (χ0v) is 11.7. The van der Waals surface area contributed by atoms with Crippen molar-refractivity contribution < 1.29 is 4.79 Å². The molecule has 0 radical (unpaired) electrons. The minimum Gasteiger partial charge on any atom is -0.354 e. The molecule has 0 spiro atoms. The van der Waals surface area contributed by atoms with Gasteiger partial charge in [0.15, 0.2) is 0 Å². The molecule has 0 bridgehead atoms. The normalized spacial score (nSPS) is 13.9. The van der Waals surface area contributed by atoms with E-state index in [1.54, 1.807) is 0 Å². The van der Waals surface area contributed by atoms with Crippen molar-refractivity contribution in [1.82, 2.24) is 10.6 Å². The zero-order valence-electron chi connectivity index (χ0n) is 11.7. The second-order valence-corrected chi connectivity index (χ2v) is 6.02. The van der Waals surface area contributed by atoms with Gasteiger partial charge in [0.05, 0.1) is 0 Å². The van der Waals surface area contributed by atoms with Gasteiger partial charge in [0.2, 0.25) is 5.91 Å². The topological polar surface area (TPSA) is 41.1 Å². The van der Waals surface area contributed by atoms with E-state index >= 15 is 0 Å². The van der Waals surface area contributed by atoms with Crippen molar-refractivity contribution in [3.8, 4) is 0 Å². The summed E-state index contributed by atoms with van der Waals surface area (Å²) in [5.41, 5.74) is 0.0871. The summed E-state index contributed by atoms with van der Waals surface area (Å²) < 4.78 is 0. The smallest absolute Gasteiger partial charge is 0.221 e. The van der Waals surface area contributed by atoms with Crippen LogP contribution in [0.4, 0.5) is 0 Å². The van der Waals surface area contributed by atoms with Crippen LogP contribution in [0.3, 0.4) is 0 Å². The molecule has 0 rings (SSSR count). The Morgan fingerprint density at radius 2 is 1.75 bits per heavy atom. The third-order valence-electron chi connectivity index (χ3n) is 2.24. The van der Waals surface area contributed by atoms with Crippen LogP contribution in [0.2, 0.25) is 0 Å². The van der Waals surface area contributed by atoms with Gasteiger partial charge >= 0.3 is 0 Å². The van der Waals surface area contributed by atoms with E-state index in [2.05, 4.69) is 52.2 Å². The quantitative estimate of drug-likeness (QED) is 0.732. The van der Waals surface area contributed by atoms with Gasteiger partial charge in [-0.25, -0.2) is 0 Å². The summed E-state index contributed by atoms with van der Waals surface area (Å²) in [5, 5.41) is 6.32. The number of carbonyl (C=O) groups excluding carboxylic acids is 1. The average molecular weight is 228 g/mol. The fraction of sp³-hybridized carbons (Fsp3) is 0.923. The lowest BCUT2D eigenvalue weighted by molar-refractivity contribution is -0.121. The molecule has 0 fully saturated rings. The highest BCUT2D eigenvalue weighted by Crippen LogP contribution is 2.04. The molecule has 0 aliphatic carbocycles. The number of carbonyl (C=O) groups is 1. The van der Waals surface area contributed by atoms with Crippen LogP contribution in [-0.2, 0) is 4.79 Å². The van der Waals surface area contributed by atoms with Gasteiger partial charge in [-0.05, 0) is 40.0 Å². The molecule has 0 aliphatic heterocycles. The van der Waals surface area contributed by atoms with E-state index in [1.165, 1.54) is 0 Å². The van der Waals surface area contributed by atoms with Crippen LogP contribution in [0.15, 0.2) is 0 Å². The third kappa shape index (κ3) is 9.97. The molecule has 0 saturated heterocycles. The van der Waals surface area contributed by atoms with Gasteiger partial charge in [-0.2, -0.15) is 0 Å². The molecule has 0 aliphatic rings. The van der Waals surface area contributed by atoms with E-state index in [-0.39, 0.29) is 17.5 Å². The van der Waals surface area contributed by atoms with Crippen molar-refractivity contribution in [2.75, 3.05) is 6.54 Å². The summed E-state index contributed by atoms with van der Waals surface area (Å²) in [6.07, 6.45) is 1.60. The first-order chi connectivity index (χ1) is 7.20. The van der Waals surface area contributed by atoms with Crippen LogP contribution in [0.1, 0.15) is 54.4 Å². The van der Waals surface area contributed by atoms with E-state index in [0.717, 1.165) is 13.0 Å². The fourth-order valence-electron chi connectivity index (χ4n) is 1.66. The van der Waals surface area contributed by atoms with Crippen molar-refractivity contribution in [2.24, 2.45) is 5.92 Å². The molecular weight excluding hydrogens is 200 g/mol. The molecule has 1 amide bonds. The molecule has 0 aromatic heterocycles. The largest absolute Gasteiger partial charge is 0.354 e. The maximum absolute atomic E-state index is 11.6. The molecule has 2 N–H and O–H groups in total. The Morgan fingerprint density at radius 1 is 1.19 bits per heavy atom. The number of nitrogens with one attached hydrogen (secondary N) is 2. The van der Waals surface area contributed by atoms with E-state index in [9.17, 15) is 4.79 Å². The zero-order chi connectivity index (χ0) is 12.8. The molecule has 0 saturated carbocycles. The van der Waals surface area contributed by atoms with E-state index < -0.39 is 0 Å². The van der Waals surface area contributed by atoms with Crippen molar-refractivity contribution in [3.05, 3.63) is 0 Å². The average Bonchev–Trinajstić information content (AvgIpc) is 1.98. The molecular formula is C13H28N2O. The second-order valence-electron chi connectivity index (χ2n) is 6.02. The number of hydrogen-bond acceptors (Lipinski definition) is 2. The summed E-state index contributed by atoms with van der Waals surface area (Å²) in [6.45, 7) is 13.5. The SMILES string of the molecule is CC(C)CC(C)NC(=O)CCNC(C)(C)C.